The van der Waals surface area contributed by atoms with Gasteiger partial charge in [-0.05, 0) is 25.5 Å². The van der Waals surface area contributed by atoms with E-state index >= 15 is 0 Å². The zero-order valence-corrected chi connectivity index (χ0v) is 13.0. The summed E-state index contributed by atoms with van der Waals surface area (Å²) in [6, 6.07) is 3.63. The number of carbonyl (C=O) groups excluding carboxylic acids is 1. The number of carbonyl (C=O) groups is 1. The van der Waals surface area contributed by atoms with E-state index in [9.17, 15) is 4.79 Å². The highest BCUT2D eigenvalue weighted by Crippen LogP contribution is 2.34. The van der Waals surface area contributed by atoms with Crippen LogP contribution in [0.1, 0.15) is 23.9 Å². The second kappa shape index (κ2) is 5.81. The summed E-state index contributed by atoms with van der Waals surface area (Å²) in [5.41, 5.74) is 0. The lowest BCUT2D eigenvalue weighted by Gasteiger charge is -2.18. The summed E-state index contributed by atoms with van der Waals surface area (Å²) >= 11 is 0. The standard InChI is InChI=1S/C16H19N3O4/c1-10-17-15(23-18-10)6-13-5-11-8-19(9-14(11)22-13)16(20)7-12-3-2-4-21-12/h2-4,11,13-14H,5-9H2,1H3/t11-,13-,14+/m0/s1. The van der Waals surface area contributed by atoms with Crippen molar-refractivity contribution in [3.63, 3.8) is 0 Å². The Morgan fingerprint density at radius 3 is 3.04 bits per heavy atom. The number of likely N-dealkylation sites (tertiary alicyclic amines) is 1. The Morgan fingerprint density at radius 2 is 2.35 bits per heavy atom. The number of hydrogen-bond acceptors (Lipinski definition) is 6. The topological polar surface area (TPSA) is 81.6 Å². The van der Waals surface area contributed by atoms with Crippen molar-refractivity contribution in [2.75, 3.05) is 13.1 Å². The highest BCUT2D eigenvalue weighted by molar-refractivity contribution is 5.78. The molecule has 0 aromatic carbocycles. The summed E-state index contributed by atoms with van der Waals surface area (Å²) in [7, 11) is 0. The first-order chi connectivity index (χ1) is 11.2. The van der Waals surface area contributed by atoms with Gasteiger partial charge >= 0.3 is 0 Å². The lowest BCUT2D eigenvalue weighted by Crippen LogP contribution is -2.32. The van der Waals surface area contributed by atoms with Gasteiger partial charge < -0.3 is 18.6 Å². The molecule has 4 rings (SSSR count). The average Bonchev–Trinajstić information content (AvgIpc) is 3.23. The van der Waals surface area contributed by atoms with Gasteiger partial charge in [-0.3, -0.25) is 4.79 Å². The number of rotatable bonds is 4. The molecule has 0 N–H and O–H groups in total. The SMILES string of the molecule is Cc1noc(C[C@@H]2C[C@H]3CN(C(=O)Cc4ccco4)C[C@H]3O2)n1. The molecule has 0 aliphatic carbocycles. The number of amides is 1. The van der Waals surface area contributed by atoms with E-state index in [1.165, 1.54) is 0 Å². The maximum atomic E-state index is 12.3. The van der Waals surface area contributed by atoms with E-state index in [2.05, 4.69) is 10.1 Å². The summed E-state index contributed by atoms with van der Waals surface area (Å²) in [4.78, 5) is 18.4. The number of nitrogens with zero attached hydrogens (tertiary/aromatic N) is 3. The molecule has 2 saturated heterocycles. The zero-order chi connectivity index (χ0) is 15.8. The predicted octanol–water partition coefficient (Wildman–Crippen LogP) is 1.37. The summed E-state index contributed by atoms with van der Waals surface area (Å²) < 4.78 is 16.5. The normalized spacial score (nSPS) is 26.7. The minimum atomic E-state index is 0.0991. The summed E-state index contributed by atoms with van der Waals surface area (Å²) in [5, 5.41) is 3.80. The van der Waals surface area contributed by atoms with Gasteiger partial charge in [0.2, 0.25) is 11.8 Å². The highest BCUT2D eigenvalue weighted by atomic mass is 16.5. The number of fused-ring (bicyclic) bond motifs is 1. The van der Waals surface area contributed by atoms with Crippen molar-refractivity contribution in [3.8, 4) is 0 Å². The number of ether oxygens (including phenoxy) is 1. The average molecular weight is 317 g/mol. The van der Waals surface area contributed by atoms with Crippen LogP contribution in [0.25, 0.3) is 0 Å². The molecule has 2 aliphatic rings. The number of furan rings is 1. The van der Waals surface area contributed by atoms with Crippen LogP contribution in [-0.4, -0.2) is 46.2 Å². The van der Waals surface area contributed by atoms with Crippen molar-refractivity contribution in [3.05, 3.63) is 35.9 Å². The molecular formula is C16H19N3O4. The van der Waals surface area contributed by atoms with Crippen molar-refractivity contribution < 1.29 is 18.5 Å². The molecule has 0 unspecified atom stereocenters. The molecule has 0 saturated carbocycles. The maximum Gasteiger partial charge on any atom is 0.230 e. The summed E-state index contributed by atoms with van der Waals surface area (Å²) in [5.74, 6) is 2.47. The van der Waals surface area contributed by atoms with Crippen molar-refractivity contribution in [2.24, 2.45) is 5.92 Å². The Morgan fingerprint density at radius 1 is 1.43 bits per heavy atom. The van der Waals surface area contributed by atoms with E-state index in [1.807, 2.05) is 11.0 Å². The van der Waals surface area contributed by atoms with Crippen LogP contribution < -0.4 is 0 Å². The van der Waals surface area contributed by atoms with Crippen LogP contribution in [0.2, 0.25) is 0 Å². The van der Waals surface area contributed by atoms with Gasteiger partial charge in [-0.15, -0.1) is 0 Å². The molecular weight excluding hydrogens is 298 g/mol. The van der Waals surface area contributed by atoms with Crippen LogP contribution in [0.5, 0.6) is 0 Å². The summed E-state index contributed by atoms with van der Waals surface area (Å²) in [6.07, 6.45) is 3.70. The van der Waals surface area contributed by atoms with Gasteiger partial charge in [0, 0.05) is 19.0 Å². The fraction of sp³-hybridized carbons (Fsp3) is 0.562. The fourth-order valence-corrected chi connectivity index (χ4v) is 3.49. The van der Waals surface area contributed by atoms with Gasteiger partial charge in [-0.1, -0.05) is 5.16 Å². The first-order valence-corrected chi connectivity index (χ1v) is 7.92. The number of aryl methyl sites for hydroxylation is 1. The molecule has 23 heavy (non-hydrogen) atoms. The molecule has 7 nitrogen and oxygen atoms in total. The lowest BCUT2D eigenvalue weighted by atomic mass is 10.0. The molecule has 1 amide bonds. The summed E-state index contributed by atoms with van der Waals surface area (Å²) in [6.45, 7) is 3.22. The Kier molecular flexibility index (Phi) is 3.65. The second-order valence-electron chi connectivity index (χ2n) is 6.29. The van der Waals surface area contributed by atoms with Crippen LogP contribution in [-0.2, 0) is 22.4 Å². The highest BCUT2D eigenvalue weighted by Gasteiger charge is 2.43. The third-order valence-electron chi connectivity index (χ3n) is 4.54. The van der Waals surface area contributed by atoms with Crippen molar-refractivity contribution in [1.82, 2.24) is 15.0 Å². The second-order valence-corrected chi connectivity index (χ2v) is 6.29. The molecule has 0 spiro atoms. The van der Waals surface area contributed by atoms with E-state index in [1.54, 1.807) is 19.3 Å². The molecule has 0 radical (unpaired) electrons. The Labute approximate surface area is 133 Å². The van der Waals surface area contributed by atoms with E-state index in [0.29, 0.717) is 42.8 Å². The third-order valence-corrected chi connectivity index (χ3v) is 4.54. The van der Waals surface area contributed by atoms with Gasteiger partial charge in [0.25, 0.3) is 0 Å². The van der Waals surface area contributed by atoms with Gasteiger partial charge in [-0.2, -0.15) is 4.98 Å². The Balaban J connectivity index is 1.30. The van der Waals surface area contributed by atoms with Crippen molar-refractivity contribution >= 4 is 5.91 Å². The van der Waals surface area contributed by atoms with E-state index < -0.39 is 0 Å². The number of aromatic nitrogens is 2. The van der Waals surface area contributed by atoms with Crippen molar-refractivity contribution in [2.45, 2.75) is 38.4 Å². The molecule has 122 valence electrons. The zero-order valence-electron chi connectivity index (χ0n) is 13.0. The first-order valence-electron chi connectivity index (χ1n) is 7.92. The minimum Gasteiger partial charge on any atom is -0.469 e. The smallest absolute Gasteiger partial charge is 0.230 e. The molecule has 4 heterocycles. The van der Waals surface area contributed by atoms with E-state index in [-0.39, 0.29) is 18.1 Å². The van der Waals surface area contributed by atoms with Crippen LogP contribution >= 0.6 is 0 Å². The molecule has 2 aromatic heterocycles. The third kappa shape index (κ3) is 3.01. The number of hydrogen-bond donors (Lipinski definition) is 0. The van der Waals surface area contributed by atoms with E-state index in [0.717, 1.165) is 13.0 Å². The molecule has 2 aliphatic heterocycles. The molecule has 2 fully saturated rings. The van der Waals surface area contributed by atoms with Gasteiger partial charge in [0.1, 0.15) is 5.76 Å². The molecule has 0 bridgehead atoms. The molecule has 3 atom stereocenters. The lowest BCUT2D eigenvalue weighted by molar-refractivity contribution is -0.130. The fourth-order valence-electron chi connectivity index (χ4n) is 3.49. The van der Waals surface area contributed by atoms with Crippen molar-refractivity contribution in [1.29, 1.82) is 0 Å². The monoisotopic (exact) mass is 317 g/mol. The van der Waals surface area contributed by atoms with Crippen LogP contribution in [0.4, 0.5) is 0 Å². The minimum absolute atomic E-state index is 0.0991. The van der Waals surface area contributed by atoms with Crippen LogP contribution in [0.15, 0.2) is 27.3 Å². The molecule has 2 aromatic rings. The van der Waals surface area contributed by atoms with Crippen LogP contribution in [0, 0.1) is 12.8 Å². The predicted molar refractivity (Wildman–Crippen MR) is 78.5 cm³/mol. The quantitative estimate of drug-likeness (QED) is 0.847. The maximum absolute atomic E-state index is 12.3. The van der Waals surface area contributed by atoms with Crippen LogP contribution in [0.3, 0.4) is 0 Å². The van der Waals surface area contributed by atoms with Gasteiger partial charge in [-0.25, -0.2) is 0 Å². The first kappa shape index (κ1) is 14.4. The van der Waals surface area contributed by atoms with E-state index in [4.69, 9.17) is 13.7 Å². The Hall–Kier alpha value is -2.15. The van der Waals surface area contributed by atoms with Gasteiger partial charge in [0.05, 0.1) is 31.3 Å². The van der Waals surface area contributed by atoms with Gasteiger partial charge in [0.15, 0.2) is 5.82 Å². The Bertz CT molecular complexity index is 667. The molecule has 7 heteroatoms. The largest absolute Gasteiger partial charge is 0.469 e.